The molecule has 2 aromatic carbocycles. The molecule has 33 heavy (non-hydrogen) atoms. The van der Waals surface area contributed by atoms with Crippen LogP contribution in [0.3, 0.4) is 0 Å². The maximum Gasteiger partial charge on any atom is 0.254 e. The van der Waals surface area contributed by atoms with E-state index >= 15 is 0 Å². The number of benzene rings is 2. The van der Waals surface area contributed by atoms with Gasteiger partial charge in [0.2, 0.25) is 5.88 Å². The van der Waals surface area contributed by atoms with Crippen molar-refractivity contribution in [2.24, 2.45) is 5.92 Å². The lowest BCUT2D eigenvalue weighted by atomic mass is 9.87. The fraction of sp³-hybridized carbons (Fsp3) is 0.333. The van der Waals surface area contributed by atoms with Gasteiger partial charge < -0.3 is 9.64 Å². The van der Waals surface area contributed by atoms with Crippen LogP contribution in [0.25, 0.3) is 11.1 Å². The third kappa shape index (κ3) is 5.72. The van der Waals surface area contributed by atoms with Crippen molar-refractivity contribution in [1.29, 1.82) is 0 Å². The minimum atomic E-state index is -0.382. The second kappa shape index (κ2) is 11.1. The Morgan fingerprint density at radius 1 is 1.18 bits per heavy atom. The minimum Gasteiger partial charge on any atom is -0.477 e. The summed E-state index contributed by atoms with van der Waals surface area (Å²) in [5.74, 6) is 0.316. The summed E-state index contributed by atoms with van der Waals surface area (Å²) >= 11 is 2.38. The first kappa shape index (κ1) is 23.7. The molecule has 6 heteroatoms. The number of carbonyl (C=O) groups is 1. The van der Waals surface area contributed by atoms with Gasteiger partial charge in [0, 0.05) is 34.6 Å². The van der Waals surface area contributed by atoms with Crippen molar-refractivity contribution in [3.8, 4) is 17.0 Å². The van der Waals surface area contributed by atoms with Crippen molar-refractivity contribution in [2.45, 2.75) is 32.2 Å². The zero-order valence-corrected chi connectivity index (χ0v) is 20.9. The van der Waals surface area contributed by atoms with Gasteiger partial charge in [-0.15, -0.1) is 0 Å². The summed E-state index contributed by atoms with van der Waals surface area (Å²) in [7, 11) is 0. The molecule has 2 heterocycles. The monoisotopic (exact) mass is 558 g/mol. The highest BCUT2D eigenvalue weighted by Gasteiger charge is 2.35. The standard InChI is InChI=1S/C27H28FIN2O2/c1-19-9-11-23(20-6-3-2-4-7-20)24(16-19)27(32)31-15-5-8-21(25(31)13-14-29)18-33-26-12-10-22(28)17-30-26/h2-4,6-7,9-12,16-17,21,25H,5,8,13-15,18H2,1H3/t21-,25?/m1/s1. The fourth-order valence-corrected chi connectivity index (χ4v) is 5.22. The van der Waals surface area contributed by atoms with Gasteiger partial charge >= 0.3 is 0 Å². The number of aryl methyl sites for hydroxylation is 1. The molecule has 1 aliphatic rings. The number of carbonyl (C=O) groups excluding carboxylic acids is 1. The van der Waals surface area contributed by atoms with Crippen LogP contribution in [0.4, 0.5) is 4.39 Å². The molecule has 0 spiro atoms. The number of pyridine rings is 1. The molecule has 2 atom stereocenters. The molecule has 0 saturated carbocycles. The molecule has 4 rings (SSSR count). The first-order valence-corrected chi connectivity index (χ1v) is 12.9. The summed E-state index contributed by atoms with van der Waals surface area (Å²) in [4.78, 5) is 20.0. The molecular formula is C27H28FIN2O2. The lowest BCUT2D eigenvalue weighted by Crippen LogP contribution is -2.50. The summed E-state index contributed by atoms with van der Waals surface area (Å²) in [6.45, 7) is 3.23. The van der Waals surface area contributed by atoms with Crippen LogP contribution in [-0.4, -0.2) is 39.4 Å². The highest BCUT2D eigenvalue weighted by atomic mass is 127. The van der Waals surface area contributed by atoms with E-state index in [1.807, 2.05) is 43.3 Å². The number of hydrogen-bond donors (Lipinski definition) is 0. The third-order valence-electron chi connectivity index (χ3n) is 6.22. The molecule has 0 radical (unpaired) electrons. The third-order valence-corrected chi connectivity index (χ3v) is 6.84. The van der Waals surface area contributed by atoms with E-state index in [4.69, 9.17) is 4.74 Å². The van der Waals surface area contributed by atoms with Crippen molar-refractivity contribution in [3.63, 3.8) is 0 Å². The molecule has 0 aliphatic carbocycles. The Morgan fingerprint density at radius 2 is 2.00 bits per heavy atom. The first-order chi connectivity index (χ1) is 16.1. The van der Waals surface area contributed by atoms with E-state index in [9.17, 15) is 9.18 Å². The van der Waals surface area contributed by atoms with E-state index in [1.54, 1.807) is 6.07 Å². The van der Waals surface area contributed by atoms with E-state index in [1.165, 1.54) is 6.07 Å². The minimum absolute atomic E-state index is 0.0806. The fourth-order valence-electron chi connectivity index (χ4n) is 4.59. The van der Waals surface area contributed by atoms with E-state index in [2.05, 4.69) is 44.6 Å². The molecule has 0 bridgehead atoms. The van der Waals surface area contributed by atoms with E-state index in [0.717, 1.165) is 58.7 Å². The number of hydrogen-bond acceptors (Lipinski definition) is 3. The van der Waals surface area contributed by atoms with Crippen LogP contribution in [0.5, 0.6) is 5.88 Å². The number of likely N-dealkylation sites (tertiary alicyclic amines) is 1. The molecule has 0 N–H and O–H groups in total. The predicted octanol–water partition coefficient (Wildman–Crippen LogP) is 6.32. The topological polar surface area (TPSA) is 42.4 Å². The first-order valence-electron chi connectivity index (χ1n) is 11.3. The predicted molar refractivity (Wildman–Crippen MR) is 137 cm³/mol. The van der Waals surface area contributed by atoms with Gasteiger partial charge in [0.15, 0.2) is 0 Å². The van der Waals surface area contributed by atoms with E-state index in [0.29, 0.717) is 12.5 Å². The number of amides is 1. The Bertz CT molecular complexity index is 1080. The summed E-state index contributed by atoms with van der Waals surface area (Å²) in [5, 5.41) is 0. The zero-order chi connectivity index (χ0) is 23.2. The second-order valence-corrected chi connectivity index (χ2v) is 9.57. The highest BCUT2D eigenvalue weighted by Crippen LogP contribution is 2.32. The second-order valence-electron chi connectivity index (χ2n) is 8.49. The maximum atomic E-state index is 13.9. The SMILES string of the molecule is Cc1ccc(-c2ccccc2)c(C(=O)N2CCC[C@H](COc3ccc(F)cn3)C2CCI)c1. The smallest absolute Gasteiger partial charge is 0.254 e. The van der Waals surface area contributed by atoms with Gasteiger partial charge in [-0.2, -0.15) is 0 Å². The van der Waals surface area contributed by atoms with Crippen LogP contribution < -0.4 is 4.74 Å². The van der Waals surface area contributed by atoms with Gasteiger partial charge in [-0.05, 0) is 49.4 Å². The Hall–Kier alpha value is -2.48. The number of rotatable bonds is 7. The average Bonchev–Trinajstić information content (AvgIpc) is 2.84. The van der Waals surface area contributed by atoms with Crippen LogP contribution in [0.15, 0.2) is 66.9 Å². The summed E-state index contributed by atoms with van der Waals surface area (Å²) in [6.07, 6.45) is 3.99. The molecule has 1 unspecified atom stereocenters. The zero-order valence-electron chi connectivity index (χ0n) is 18.7. The van der Waals surface area contributed by atoms with Crippen molar-refractivity contribution in [2.75, 3.05) is 17.6 Å². The van der Waals surface area contributed by atoms with Gasteiger partial charge in [-0.25, -0.2) is 9.37 Å². The molecule has 1 saturated heterocycles. The van der Waals surface area contributed by atoms with Gasteiger partial charge in [0.25, 0.3) is 5.91 Å². The van der Waals surface area contributed by atoms with Gasteiger partial charge in [0.1, 0.15) is 5.82 Å². The van der Waals surface area contributed by atoms with Crippen LogP contribution in [0.2, 0.25) is 0 Å². The Balaban J connectivity index is 1.58. The average molecular weight is 558 g/mol. The number of aromatic nitrogens is 1. The lowest BCUT2D eigenvalue weighted by Gasteiger charge is -2.41. The Kier molecular flexibility index (Phi) is 7.96. The van der Waals surface area contributed by atoms with Crippen LogP contribution in [0.1, 0.15) is 35.2 Å². The molecule has 3 aromatic rings. The quantitative estimate of drug-likeness (QED) is 0.252. The molecule has 4 nitrogen and oxygen atoms in total. The molecule has 1 aromatic heterocycles. The maximum absolute atomic E-state index is 13.9. The molecular weight excluding hydrogens is 530 g/mol. The number of alkyl halides is 1. The normalized spacial score (nSPS) is 18.2. The van der Waals surface area contributed by atoms with Crippen molar-refractivity contribution >= 4 is 28.5 Å². The lowest BCUT2D eigenvalue weighted by molar-refractivity contribution is 0.0397. The molecule has 1 aliphatic heterocycles. The van der Waals surface area contributed by atoms with Gasteiger partial charge in [0.05, 0.1) is 12.8 Å². The Labute approximate surface area is 208 Å². The number of halogens is 2. The van der Waals surface area contributed by atoms with Crippen molar-refractivity contribution < 1.29 is 13.9 Å². The van der Waals surface area contributed by atoms with Gasteiger partial charge in [-0.3, -0.25) is 4.79 Å². The van der Waals surface area contributed by atoms with E-state index in [-0.39, 0.29) is 23.7 Å². The van der Waals surface area contributed by atoms with Crippen LogP contribution in [-0.2, 0) is 0 Å². The summed E-state index contributed by atoms with van der Waals surface area (Å²) in [6, 6.07) is 19.2. The summed E-state index contributed by atoms with van der Waals surface area (Å²) in [5.41, 5.74) is 3.84. The number of nitrogens with zero attached hydrogens (tertiary/aromatic N) is 2. The molecule has 172 valence electrons. The van der Waals surface area contributed by atoms with Crippen molar-refractivity contribution in [1.82, 2.24) is 9.88 Å². The largest absolute Gasteiger partial charge is 0.477 e. The Morgan fingerprint density at radius 3 is 2.73 bits per heavy atom. The number of ether oxygens (including phenoxy) is 1. The number of piperidine rings is 1. The van der Waals surface area contributed by atoms with Crippen LogP contribution in [0, 0.1) is 18.7 Å². The molecule has 1 amide bonds. The van der Waals surface area contributed by atoms with Crippen LogP contribution >= 0.6 is 22.6 Å². The molecule has 1 fully saturated rings. The van der Waals surface area contributed by atoms with Gasteiger partial charge in [-0.1, -0.05) is 70.6 Å². The van der Waals surface area contributed by atoms with Crippen molar-refractivity contribution in [3.05, 3.63) is 83.8 Å². The summed E-state index contributed by atoms with van der Waals surface area (Å²) < 4.78 is 20.0. The van der Waals surface area contributed by atoms with E-state index < -0.39 is 0 Å². The highest BCUT2D eigenvalue weighted by molar-refractivity contribution is 14.1.